The van der Waals surface area contributed by atoms with Crippen LogP contribution < -0.4 is 15.4 Å². The maximum absolute atomic E-state index is 12.4. The molecule has 1 saturated heterocycles. The Hall–Kier alpha value is -2.86. The number of hydrogen-bond acceptors (Lipinski definition) is 4. The van der Waals surface area contributed by atoms with Gasteiger partial charge >= 0.3 is 0 Å². The molecule has 0 spiro atoms. The third-order valence-corrected chi connectivity index (χ3v) is 3.99. The molecule has 6 nitrogen and oxygen atoms in total. The van der Waals surface area contributed by atoms with E-state index in [1.54, 1.807) is 43.5 Å². The van der Waals surface area contributed by atoms with Gasteiger partial charge < -0.3 is 20.1 Å². The fourth-order valence-corrected chi connectivity index (χ4v) is 2.65. The molecule has 0 saturated carbocycles. The molecule has 1 aliphatic rings. The summed E-state index contributed by atoms with van der Waals surface area (Å²) in [5, 5.41) is 5.61. The molecule has 0 radical (unpaired) electrons. The number of carbonyl (C=O) groups excluding carboxylic acids is 2. The maximum atomic E-state index is 12.4. The smallest absolute Gasteiger partial charge is 0.255 e. The molecule has 130 valence electrons. The predicted octanol–water partition coefficient (Wildman–Crippen LogP) is 3.07. The number of carbonyl (C=O) groups is 2. The molecule has 1 aliphatic heterocycles. The average molecular weight is 340 g/mol. The Balaban J connectivity index is 1.63. The van der Waals surface area contributed by atoms with Crippen molar-refractivity contribution in [3.8, 4) is 5.75 Å². The van der Waals surface area contributed by atoms with Crippen molar-refractivity contribution in [3.05, 3.63) is 54.1 Å². The first-order valence-electron chi connectivity index (χ1n) is 8.14. The van der Waals surface area contributed by atoms with Crippen LogP contribution in [0.3, 0.4) is 0 Å². The summed E-state index contributed by atoms with van der Waals surface area (Å²) in [6, 6.07) is 13.9. The topological polar surface area (TPSA) is 76.7 Å². The summed E-state index contributed by atoms with van der Waals surface area (Å²) in [4.78, 5) is 24.4. The Labute approximate surface area is 146 Å². The van der Waals surface area contributed by atoms with Crippen molar-refractivity contribution in [2.75, 3.05) is 24.4 Å². The van der Waals surface area contributed by atoms with E-state index in [0.717, 1.165) is 12.8 Å². The second kappa shape index (κ2) is 7.81. The minimum absolute atomic E-state index is 0.149. The van der Waals surface area contributed by atoms with Crippen LogP contribution in [-0.2, 0) is 9.53 Å². The zero-order valence-corrected chi connectivity index (χ0v) is 14.0. The SMILES string of the molecule is COc1ccccc1NC(=O)c1ccc(NC(=O)[C@@H]2CCCO2)cc1. The zero-order chi connectivity index (χ0) is 17.6. The first-order valence-corrected chi connectivity index (χ1v) is 8.14. The van der Waals surface area contributed by atoms with E-state index in [4.69, 9.17) is 9.47 Å². The predicted molar refractivity (Wildman–Crippen MR) is 95.0 cm³/mol. The molecular weight excluding hydrogens is 320 g/mol. The molecule has 2 N–H and O–H groups in total. The lowest BCUT2D eigenvalue weighted by atomic mass is 10.1. The summed E-state index contributed by atoms with van der Waals surface area (Å²) in [5.41, 5.74) is 1.72. The standard InChI is InChI=1S/C19H20N2O4/c1-24-16-6-3-2-5-15(16)21-18(22)13-8-10-14(11-9-13)20-19(23)17-7-4-12-25-17/h2-3,5-6,8-11,17H,4,7,12H2,1H3,(H,20,23)(H,21,22)/t17-/m0/s1. The van der Waals surface area contributed by atoms with Gasteiger partial charge in [-0.2, -0.15) is 0 Å². The number of amides is 2. The normalized spacial score (nSPS) is 16.3. The minimum atomic E-state index is -0.381. The molecule has 0 unspecified atom stereocenters. The van der Waals surface area contributed by atoms with Crippen LogP contribution in [0.4, 0.5) is 11.4 Å². The third-order valence-electron chi connectivity index (χ3n) is 3.99. The molecule has 2 aromatic rings. The quantitative estimate of drug-likeness (QED) is 0.877. The fraction of sp³-hybridized carbons (Fsp3) is 0.263. The van der Waals surface area contributed by atoms with Crippen LogP contribution in [0.15, 0.2) is 48.5 Å². The van der Waals surface area contributed by atoms with E-state index in [-0.39, 0.29) is 17.9 Å². The summed E-state index contributed by atoms with van der Waals surface area (Å²) in [5.74, 6) is 0.196. The number of ether oxygens (including phenoxy) is 2. The van der Waals surface area contributed by atoms with Crippen molar-refractivity contribution >= 4 is 23.2 Å². The van der Waals surface area contributed by atoms with E-state index in [1.165, 1.54) is 0 Å². The first-order chi connectivity index (χ1) is 12.2. The van der Waals surface area contributed by atoms with Gasteiger partial charge in [0.1, 0.15) is 11.9 Å². The molecule has 0 bridgehead atoms. The first kappa shape index (κ1) is 17.0. The van der Waals surface area contributed by atoms with Gasteiger partial charge in [0, 0.05) is 17.9 Å². The van der Waals surface area contributed by atoms with Crippen molar-refractivity contribution in [2.45, 2.75) is 18.9 Å². The molecule has 1 fully saturated rings. The number of methoxy groups -OCH3 is 1. The average Bonchev–Trinajstić information content (AvgIpc) is 3.17. The van der Waals surface area contributed by atoms with Gasteiger partial charge in [-0.25, -0.2) is 0 Å². The van der Waals surface area contributed by atoms with E-state index < -0.39 is 0 Å². The van der Waals surface area contributed by atoms with Crippen LogP contribution in [0, 0.1) is 0 Å². The lowest BCUT2D eigenvalue weighted by molar-refractivity contribution is -0.124. The molecule has 0 aromatic heterocycles. The van der Waals surface area contributed by atoms with Crippen molar-refractivity contribution < 1.29 is 19.1 Å². The third kappa shape index (κ3) is 4.16. The van der Waals surface area contributed by atoms with Gasteiger partial charge in [0.15, 0.2) is 0 Å². The van der Waals surface area contributed by atoms with Crippen LogP contribution >= 0.6 is 0 Å². The van der Waals surface area contributed by atoms with E-state index >= 15 is 0 Å². The molecule has 1 heterocycles. The fourth-order valence-electron chi connectivity index (χ4n) is 2.65. The molecule has 3 rings (SSSR count). The number of para-hydroxylation sites is 2. The Morgan fingerprint density at radius 2 is 1.84 bits per heavy atom. The second-order valence-corrected chi connectivity index (χ2v) is 5.72. The van der Waals surface area contributed by atoms with Crippen molar-refractivity contribution in [2.24, 2.45) is 0 Å². The highest BCUT2D eigenvalue weighted by Crippen LogP contribution is 2.24. The molecule has 6 heteroatoms. The van der Waals surface area contributed by atoms with Crippen LogP contribution in [0.1, 0.15) is 23.2 Å². The van der Waals surface area contributed by atoms with Crippen LogP contribution in [0.25, 0.3) is 0 Å². The Kier molecular flexibility index (Phi) is 5.30. The Bertz CT molecular complexity index is 752. The van der Waals surface area contributed by atoms with Gasteiger partial charge in [0.25, 0.3) is 11.8 Å². The lowest BCUT2D eigenvalue weighted by Gasteiger charge is -2.12. The summed E-state index contributed by atoms with van der Waals surface area (Å²) in [6.45, 7) is 0.625. The van der Waals surface area contributed by atoms with Crippen LogP contribution in [0.2, 0.25) is 0 Å². The van der Waals surface area contributed by atoms with Gasteiger partial charge in [0.2, 0.25) is 0 Å². The highest BCUT2D eigenvalue weighted by atomic mass is 16.5. The number of benzene rings is 2. The number of rotatable bonds is 5. The van der Waals surface area contributed by atoms with Crippen molar-refractivity contribution in [1.82, 2.24) is 0 Å². The molecular formula is C19H20N2O4. The van der Waals surface area contributed by atoms with Gasteiger partial charge in [-0.1, -0.05) is 12.1 Å². The van der Waals surface area contributed by atoms with Gasteiger partial charge in [0.05, 0.1) is 12.8 Å². The molecule has 1 atom stereocenters. The minimum Gasteiger partial charge on any atom is -0.495 e. The largest absolute Gasteiger partial charge is 0.495 e. The van der Waals surface area contributed by atoms with E-state index in [1.807, 2.05) is 12.1 Å². The monoisotopic (exact) mass is 340 g/mol. The van der Waals surface area contributed by atoms with Gasteiger partial charge in [-0.05, 0) is 49.2 Å². The maximum Gasteiger partial charge on any atom is 0.255 e. The second-order valence-electron chi connectivity index (χ2n) is 5.72. The highest BCUT2D eigenvalue weighted by Gasteiger charge is 2.23. The van der Waals surface area contributed by atoms with Crippen LogP contribution in [0.5, 0.6) is 5.75 Å². The number of anilines is 2. The Morgan fingerprint density at radius 1 is 1.08 bits per heavy atom. The van der Waals surface area contributed by atoms with Gasteiger partial charge in [-0.15, -0.1) is 0 Å². The molecule has 2 aromatic carbocycles. The number of nitrogens with one attached hydrogen (secondary N) is 2. The summed E-state index contributed by atoms with van der Waals surface area (Å²) >= 11 is 0. The molecule has 25 heavy (non-hydrogen) atoms. The van der Waals surface area contributed by atoms with Crippen molar-refractivity contribution in [1.29, 1.82) is 0 Å². The van der Waals surface area contributed by atoms with Crippen molar-refractivity contribution in [3.63, 3.8) is 0 Å². The zero-order valence-electron chi connectivity index (χ0n) is 14.0. The highest BCUT2D eigenvalue weighted by molar-refractivity contribution is 6.05. The summed E-state index contributed by atoms with van der Waals surface area (Å²) in [6.07, 6.45) is 1.26. The van der Waals surface area contributed by atoms with E-state index in [9.17, 15) is 9.59 Å². The lowest BCUT2D eigenvalue weighted by Crippen LogP contribution is -2.26. The van der Waals surface area contributed by atoms with Crippen LogP contribution in [-0.4, -0.2) is 31.6 Å². The molecule has 0 aliphatic carbocycles. The van der Waals surface area contributed by atoms with E-state index in [2.05, 4.69) is 10.6 Å². The Morgan fingerprint density at radius 3 is 2.52 bits per heavy atom. The number of hydrogen-bond donors (Lipinski definition) is 2. The summed E-state index contributed by atoms with van der Waals surface area (Å²) < 4.78 is 10.6. The van der Waals surface area contributed by atoms with Gasteiger partial charge in [-0.3, -0.25) is 9.59 Å². The summed E-state index contributed by atoms with van der Waals surface area (Å²) in [7, 11) is 1.55. The molecule has 2 amide bonds. The van der Waals surface area contributed by atoms with E-state index in [0.29, 0.717) is 29.3 Å².